The summed E-state index contributed by atoms with van der Waals surface area (Å²) in [7, 11) is 0. The second kappa shape index (κ2) is 8.96. The monoisotopic (exact) mass is 342 g/mol. The maximum absolute atomic E-state index is 10.9. The molecule has 23 heavy (non-hydrogen) atoms. The number of amides is 1. The second-order valence-corrected chi connectivity index (χ2v) is 5.77. The Bertz CT molecular complexity index is 533. The van der Waals surface area contributed by atoms with E-state index in [0.717, 1.165) is 31.6 Å². The number of hydrogen-bond acceptors (Lipinski definition) is 5. The van der Waals surface area contributed by atoms with Crippen molar-refractivity contribution < 1.29 is 19.0 Å². The van der Waals surface area contributed by atoms with E-state index in [-0.39, 0.29) is 12.7 Å². The molecule has 7 heteroatoms. The number of primary amides is 1. The molecule has 0 saturated carbocycles. The van der Waals surface area contributed by atoms with Crippen LogP contribution in [0.15, 0.2) is 12.1 Å². The molecule has 0 radical (unpaired) electrons. The van der Waals surface area contributed by atoms with E-state index in [1.165, 1.54) is 0 Å². The number of carbonyl (C=O) groups is 1. The molecule has 1 aromatic rings. The highest BCUT2D eigenvalue weighted by molar-refractivity contribution is 6.32. The third-order valence-electron chi connectivity index (χ3n) is 3.45. The maximum Gasteiger partial charge on any atom is 0.255 e. The molecule has 1 saturated heterocycles. The van der Waals surface area contributed by atoms with Crippen molar-refractivity contribution >= 4 is 17.5 Å². The summed E-state index contributed by atoms with van der Waals surface area (Å²) in [4.78, 5) is 10.9. The zero-order valence-corrected chi connectivity index (χ0v) is 14.0. The van der Waals surface area contributed by atoms with Crippen molar-refractivity contribution in [3.63, 3.8) is 0 Å². The largest absolute Gasteiger partial charge is 0.490 e. The van der Waals surface area contributed by atoms with Crippen LogP contribution in [0.3, 0.4) is 0 Å². The Hall–Kier alpha value is -1.50. The van der Waals surface area contributed by atoms with Gasteiger partial charge in [0.1, 0.15) is 0 Å². The first-order valence-corrected chi connectivity index (χ1v) is 8.16. The summed E-state index contributed by atoms with van der Waals surface area (Å²) in [6, 6.07) is 3.65. The summed E-state index contributed by atoms with van der Waals surface area (Å²) in [5.74, 6) is 0.288. The quantitative estimate of drug-likeness (QED) is 0.716. The fourth-order valence-corrected chi connectivity index (χ4v) is 2.74. The normalized spacial score (nSPS) is 17.2. The lowest BCUT2D eigenvalue weighted by Gasteiger charge is -2.15. The van der Waals surface area contributed by atoms with Crippen molar-refractivity contribution in [2.75, 3.05) is 26.4 Å². The van der Waals surface area contributed by atoms with E-state index in [4.69, 9.17) is 31.5 Å². The van der Waals surface area contributed by atoms with Crippen LogP contribution in [0.5, 0.6) is 11.5 Å². The van der Waals surface area contributed by atoms with Crippen molar-refractivity contribution in [3.8, 4) is 11.5 Å². The number of halogens is 1. The predicted octanol–water partition coefficient (Wildman–Crippen LogP) is 1.87. The van der Waals surface area contributed by atoms with Gasteiger partial charge in [-0.1, -0.05) is 11.6 Å². The summed E-state index contributed by atoms with van der Waals surface area (Å²) < 4.78 is 16.5. The summed E-state index contributed by atoms with van der Waals surface area (Å²) in [5, 5.41) is 3.75. The average molecular weight is 343 g/mol. The lowest BCUT2D eigenvalue weighted by atomic mass is 10.2. The van der Waals surface area contributed by atoms with Crippen LogP contribution in [0.1, 0.15) is 25.3 Å². The highest BCUT2D eigenvalue weighted by atomic mass is 35.5. The molecule has 2 rings (SSSR count). The topological polar surface area (TPSA) is 82.8 Å². The van der Waals surface area contributed by atoms with Gasteiger partial charge in [-0.25, -0.2) is 0 Å². The molecular formula is C16H23ClN2O4. The Balaban J connectivity index is 2.00. The minimum atomic E-state index is -0.564. The van der Waals surface area contributed by atoms with Crippen LogP contribution in [0.2, 0.25) is 5.02 Å². The molecule has 1 amide bonds. The molecule has 6 nitrogen and oxygen atoms in total. The van der Waals surface area contributed by atoms with Gasteiger partial charge in [0.15, 0.2) is 18.1 Å². The van der Waals surface area contributed by atoms with Crippen molar-refractivity contribution in [2.24, 2.45) is 5.73 Å². The Morgan fingerprint density at radius 1 is 1.48 bits per heavy atom. The lowest BCUT2D eigenvalue weighted by Crippen LogP contribution is -2.25. The smallest absolute Gasteiger partial charge is 0.255 e. The molecule has 1 aliphatic heterocycles. The van der Waals surface area contributed by atoms with Crippen LogP contribution >= 0.6 is 11.6 Å². The molecule has 1 aromatic carbocycles. The lowest BCUT2D eigenvalue weighted by molar-refractivity contribution is -0.119. The van der Waals surface area contributed by atoms with E-state index in [2.05, 4.69) is 5.32 Å². The Kier molecular flexibility index (Phi) is 6.95. The first-order valence-electron chi connectivity index (χ1n) is 7.78. The van der Waals surface area contributed by atoms with Gasteiger partial charge in [-0.15, -0.1) is 0 Å². The van der Waals surface area contributed by atoms with Gasteiger partial charge < -0.3 is 25.3 Å². The molecule has 0 aromatic heterocycles. The first-order chi connectivity index (χ1) is 11.1. The van der Waals surface area contributed by atoms with Gasteiger partial charge in [-0.05, 0) is 37.5 Å². The highest BCUT2D eigenvalue weighted by Crippen LogP contribution is 2.36. The van der Waals surface area contributed by atoms with Gasteiger partial charge >= 0.3 is 0 Å². The number of carbonyl (C=O) groups excluding carboxylic acids is 1. The molecule has 1 atom stereocenters. The first kappa shape index (κ1) is 17.8. The zero-order valence-electron chi connectivity index (χ0n) is 13.3. The highest BCUT2D eigenvalue weighted by Gasteiger charge is 2.16. The molecule has 128 valence electrons. The van der Waals surface area contributed by atoms with Crippen molar-refractivity contribution in [3.05, 3.63) is 22.7 Å². The molecule has 1 heterocycles. The van der Waals surface area contributed by atoms with Gasteiger partial charge in [0, 0.05) is 19.7 Å². The standard InChI is InChI=1S/C16H23ClN2O4/c1-2-21-14-7-11(8-19-9-12-4-3-5-22-12)6-13(17)16(14)23-10-15(18)20/h6-7,12,19H,2-5,8-10H2,1H3,(H2,18,20)/t12-/m1/s1. The molecule has 0 spiro atoms. The van der Waals surface area contributed by atoms with E-state index in [0.29, 0.717) is 29.7 Å². The average Bonchev–Trinajstić information content (AvgIpc) is 3.00. The third-order valence-corrected chi connectivity index (χ3v) is 3.73. The van der Waals surface area contributed by atoms with Crippen molar-refractivity contribution in [2.45, 2.75) is 32.4 Å². The summed E-state index contributed by atoms with van der Waals surface area (Å²) >= 11 is 6.25. The number of nitrogens with two attached hydrogens (primary N) is 1. The molecule has 0 aliphatic carbocycles. The van der Waals surface area contributed by atoms with Crippen molar-refractivity contribution in [1.29, 1.82) is 0 Å². The van der Waals surface area contributed by atoms with E-state index in [1.54, 1.807) is 6.07 Å². The summed E-state index contributed by atoms with van der Waals surface area (Å²) in [5.41, 5.74) is 6.07. The molecular weight excluding hydrogens is 320 g/mol. The van der Waals surface area contributed by atoms with E-state index in [1.807, 2.05) is 13.0 Å². The van der Waals surface area contributed by atoms with Crippen LogP contribution in [0.25, 0.3) is 0 Å². The summed E-state index contributed by atoms with van der Waals surface area (Å²) in [6.07, 6.45) is 2.51. The summed E-state index contributed by atoms with van der Waals surface area (Å²) in [6.45, 7) is 4.40. The van der Waals surface area contributed by atoms with Crippen LogP contribution in [0, 0.1) is 0 Å². The molecule has 1 aliphatic rings. The van der Waals surface area contributed by atoms with Gasteiger partial charge in [0.25, 0.3) is 5.91 Å². The maximum atomic E-state index is 10.9. The Labute approximate surface area is 141 Å². The number of benzene rings is 1. The van der Waals surface area contributed by atoms with Gasteiger partial charge in [-0.2, -0.15) is 0 Å². The fraction of sp³-hybridized carbons (Fsp3) is 0.562. The van der Waals surface area contributed by atoms with Crippen LogP contribution < -0.4 is 20.5 Å². The van der Waals surface area contributed by atoms with E-state index < -0.39 is 5.91 Å². The minimum absolute atomic E-state index is 0.240. The van der Waals surface area contributed by atoms with E-state index in [9.17, 15) is 4.79 Å². The Morgan fingerprint density at radius 2 is 2.30 bits per heavy atom. The SMILES string of the molecule is CCOc1cc(CNC[C@H]2CCCO2)cc(Cl)c1OCC(N)=O. The zero-order chi connectivity index (χ0) is 16.7. The molecule has 1 fully saturated rings. The van der Waals surface area contributed by atoms with Gasteiger partial charge in [0.05, 0.1) is 17.7 Å². The molecule has 0 unspecified atom stereocenters. The van der Waals surface area contributed by atoms with Crippen molar-refractivity contribution in [1.82, 2.24) is 5.32 Å². The van der Waals surface area contributed by atoms with Crippen LogP contribution in [-0.2, 0) is 16.1 Å². The predicted molar refractivity (Wildman–Crippen MR) is 88.0 cm³/mol. The number of hydrogen-bond donors (Lipinski definition) is 2. The minimum Gasteiger partial charge on any atom is -0.490 e. The second-order valence-electron chi connectivity index (χ2n) is 5.36. The van der Waals surface area contributed by atoms with Crippen LogP contribution in [-0.4, -0.2) is 38.4 Å². The van der Waals surface area contributed by atoms with E-state index >= 15 is 0 Å². The Morgan fingerprint density at radius 3 is 2.96 bits per heavy atom. The molecule has 0 bridgehead atoms. The third kappa shape index (κ3) is 5.57. The molecule has 3 N–H and O–H groups in total. The van der Waals surface area contributed by atoms with Gasteiger partial charge in [0.2, 0.25) is 0 Å². The van der Waals surface area contributed by atoms with Gasteiger partial charge in [-0.3, -0.25) is 4.79 Å². The number of nitrogens with one attached hydrogen (secondary N) is 1. The number of ether oxygens (including phenoxy) is 3. The fourth-order valence-electron chi connectivity index (χ4n) is 2.45. The van der Waals surface area contributed by atoms with Crippen LogP contribution in [0.4, 0.5) is 0 Å². The number of rotatable bonds is 9.